The second kappa shape index (κ2) is 6.01. The van der Waals surface area contributed by atoms with Gasteiger partial charge < -0.3 is 10.2 Å². The summed E-state index contributed by atoms with van der Waals surface area (Å²) in [6, 6.07) is 3.77. The summed E-state index contributed by atoms with van der Waals surface area (Å²) in [6.45, 7) is 5.96. The molecule has 4 heteroatoms. The van der Waals surface area contributed by atoms with E-state index in [1.165, 1.54) is 0 Å². The number of hydrogen-bond acceptors (Lipinski definition) is 2. The molecule has 0 aliphatic carbocycles. The van der Waals surface area contributed by atoms with Crippen LogP contribution in [-0.2, 0) is 6.54 Å². The van der Waals surface area contributed by atoms with Crippen molar-refractivity contribution in [2.75, 3.05) is 13.1 Å². The first kappa shape index (κ1) is 11.5. The van der Waals surface area contributed by atoms with Crippen LogP contribution in [-0.4, -0.2) is 29.0 Å². The number of rotatable bonds is 4. The topological polar surface area (TPSA) is 45.2 Å². The largest absolute Gasteiger partial charge is 0.334 e. The van der Waals surface area contributed by atoms with E-state index in [9.17, 15) is 4.79 Å². The smallest absolute Gasteiger partial charge is 0.317 e. The fraction of sp³-hybridized carbons (Fsp3) is 0.455. The zero-order valence-corrected chi connectivity index (χ0v) is 9.23. The van der Waals surface area contributed by atoms with Crippen molar-refractivity contribution in [3.63, 3.8) is 0 Å². The SMILES string of the molecule is CCN(CC)C(=O)NCc1ccncc1. The van der Waals surface area contributed by atoms with Gasteiger partial charge in [0.05, 0.1) is 0 Å². The van der Waals surface area contributed by atoms with Crippen LogP contribution in [0.1, 0.15) is 19.4 Å². The molecule has 0 bridgehead atoms. The number of pyridine rings is 1. The van der Waals surface area contributed by atoms with Gasteiger partial charge in [-0.3, -0.25) is 4.98 Å². The van der Waals surface area contributed by atoms with E-state index in [4.69, 9.17) is 0 Å². The monoisotopic (exact) mass is 207 g/mol. The zero-order chi connectivity index (χ0) is 11.1. The van der Waals surface area contributed by atoms with Crippen LogP contribution in [0.3, 0.4) is 0 Å². The molecular formula is C11H17N3O. The quantitative estimate of drug-likeness (QED) is 0.815. The molecule has 2 amide bonds. The summed E-state index contributed by atoms with van der Waals surface area (Å²) >= 11 is 0. The molecule has 0 aliphatic heterocycles. The number of nitrogens with one attached hydrogen (secondary N) is 1. The fourth-order valence-corrected chi connectivity index (χ4v) is 1.30. The van der Waals surface area contributed by atoms with Gasteiger partial charge in [-0.05, 0) is 31.5 Å². The fourth-order valence-electron chi connectivity index (χ4n) is 1.30. The predicted octanol–water partition coefficient (Wildman–Crippen LogP) is 1.63. The molecule has 0 unspecified atom stereocenters. The molecule has 0 radical (unpaired) electrons. The lowest BCUT2D eigenvalue weighted by Crippen LogP contribution is -2.39. The summed E-state index contributed by atoms with van der Waals surface area (Å²) in [6.07, 6.45) is 3.44. The minimum atomic E-state index is -0.0168. The first-order valence-corrected chi connectivity index (χ1v) is 5.19. The summed E-state index contributed by atoms with van der Waals surface area (Å²) in [5.41, 5.74) is 1.06. The van der Waals surface area contributed by atoms with Gasteiger partial charge in [0.1, 0.15) is 0 Å². The Kier molecular flexibility index (Phi) is 4.60. The second-order valence-corrected chi connectivity index (χ2v) is 3.19. The average molecular weight is 207 g/mol. The molecule has 1 N–H and O–H groups in total. The first-order chi connectivity index (χ1) is 7.27. The Morgan fingerprint density at radius 1 is 1.33 bits per heavy atom. The van der Waals surface area contributed by atoms with Crippen LogP contribution in [0.5, 0.6) is 0 Å². The molecule has 1 aromatic rings. The van der Waals surface area contributed by atoms with Crippen LogP contribution in [0.15, 0.2) is 24.5 Å². The van der Waals surface area contributed by atoms with Gasteiger partial charge in [-0.1, -0.05) is 0 Å². The summed E-state index contributed by atoms with van der Waals surface area (Å²) < 4.78 is 0. The van der Waals surface area contributed by atoms with E-state index in [0.29, 0.717) is 6.54 Å². The molecular weight excluding hydrogens is 190 g/mol. The minimum absolute atomic E-state index is 0.0168. The van der Waals surface area contributed by atoms with Crippen molar-refractivity contribution in [1.82, 2.24) is 15.2 Å². The number of nitrogens with zero attached hydrogens (tertiary/aromatic N) is 2. The average Bonchev–Trinajstić information content (AvgIpc) is 2.29. The van der Waals surface area contributed by atoms with Crippen LogP contribution in [0, 0.1) is 0 Å². The standard InChI is InChI=1S/C11H17N3O/c1-3-14(4-2)11(15)13-9-10-5-7-12-8-6-10/h5-8H,3-4,9H2,1-2H3,(H,13,15). The molecule has 0 spiro atoms. The van der Waals surface area contributed by atoms with Gasteiger partial charge in [0.2, 0.25) is 0 Å². The van der Waals surface area contributed by atoms with Gasteiger partial charge in [0, 0.05) is 32.0 Å². The van der Waals surface area contributed by atoms with Gasteiger partial charge in [-0.25, -0.2) is 4.79 Å². The summed E-state index contributed by atoms with van der Waals surface area (Å²) in [4.78, 5) is 17.2. The summed E-state index contributed by atoms with van der Waals surface area (Å²) in [5, 5.41) is 2.86. The third kappa shape index (κ3) is 3.58. The van der Waals surface area contributed by atoms with Crippen LogP contribution >= 0.6 is 0 Å². The van der Waals surface area contributed by atoms with Crippen molar-refractivity contribution in [2.24, 2.45) is 0 Å². The lowest BCUT2D eigenvalue weighted by Gasteiger charge is -2.19. The number of hydrogen-bond donors (Lipinski definition) is 1. The molecule has 82 valence electrons. The highest BCUT2D eigenvalue weighted by atomic mass is 16.2. The van der Waals surface area contributed by atoms with E-state index in [1.54, 1.807) is 17.3 Å². The van der Waals surface area contributed by atoms with Crippen molar-refractivity contribution in [2.45, 2.75) is 20.4 Å². The number of aromatic nitrogens is 1. The van der Waals surface area contributed by atoms with Gasteiger partial charge in [0.15, 0.2) is 0 Å². The van der Waals surface area contributed by atoms with Crippen LogP contribution < -0.4 is 5.32 Å². The van der Waals surface area contributed by atoms with Gasteiger partial charge in [-0.15, -0.1) is 0 Å². The molecule has 0 saturated heterocycles. The molecule has 1 aromatic heterocycles. The van der Waals surface area contributed by atoms with Crippen molar-refractivity contribution < 1.29 is 4.79 Å². The molecule has 0 aromatic carbocycles. The Balaban J connectivity index is 2.40. The molecule has 1 rings (SSSR count). The number of carbonyl (C=O) groups excluding carboxylic acids is 1. The summed E-state index contributed by atoms with van der Waals surface area (Å²) in [5.74, 6) is 0. The molecule has 0 atom stereocenters. The van der Waals surface area contributed by atoms with Crippen LogP contribution in [0.25, 0.3) is 0 Å². The Bertz CT molecular complexity index is 296. The Labute approximate surface area is 90.3 Å². The van der Waals surface area contributed by atoms with Crippen molar-refractivity contribution in [1.29, 1.82) is 0 Å². The maximum Gasteiger partial charge on any atom is 0.317 e. The predicted molar refractivity (Wildman–Crippen MR) is 59.4 cm³/mol. The van der Waals surface area contributed by atoms with Gasteiger partial charge in [-0.2, -0.15) is 0 Å². The van der Waals surface area contributed by atoms with E-state index in [0.717, 1.165) is 18.7 Å². The first-order valence-electron chi connectivity index (χ1n) is 5.19. The van der Waals surface area contributed by atoms with Crippen LogP contribution in [0.4, 0.5) is 4.79 Å². The van der Waals surface area contributed by atoms with Crippen molar-refractivity contribution >= 4 is 6.03 Å². The highest BCUT2D eigenvalue weighted by Crippen LogP contribution is 1.96. The Hall–Kier alpha value is -1.58. The van der Waals surface area contributed by atoms with E-state index in [1.807, 2.05) is 26.0 Å². The molecule has 4 nitrogen and oxygen atoms in total. The maximum absolute atomic E-state index is 11.6. The highest BCUT2D eigenvalue weighted by molar-refractivity contribution is 5.74. The van der Waals surface area contributed by atoms with E-state index in [2.05, 4.69) is 10.3 Å². The van der Waals surface area contributed by atoms with Crippen LogP contribution in [0.2, 0.25) is 0 Å². The lowest BCUT2D eigenvalue weighted by atomic mass is 10.3. The number of urea groups is 1. The molecule has 15 heavy (non-hydrogen) atoms. The van der Waals surface area contributed by atoms with E-state index >= 15 is 0 Å². The van der Waals surface area contributed by atoms with E-state index in [-0.39, 0.29) is 6.03 Å². The molecule has 0 aliphatic rings. The van der Waals surface area contributed by atoms with Gasteiger partial charge >= 0.3 is 6.03 Å². The number of amides is 2. The van der Waals surface area contributed by atoms with Crippen molar-refractivity contribution in [3.05, 3.63) is 30.1 Å². The highest BCUT2D eigenvalue weighted by Gasteiger charge is 2.07. The summed E-state index contributed by atoms with van der Waals surface area (Å²) in [7, 11) is 0. The van der Waals surface area contributed by atoms with Gasteiger partial charge in [0.25, 0.3) is 0 Å². The molecule has 0 fully saturated rings. The third-order valence-electron chi connectivity index (χ3n) is 2.24. The Morgan fingerprint density at radius 3 is 2.47 bits per heavy atom. The molecule has 1 heterocycles. The normalized spacial score (nSPS) is 9.73. The molecule has 0 saturated carbocycles. The minimum Gasteiger partial charge on any atom is -0.334 e. The lowest BCUT2D eigenvalue weighted by molar-refractivity contribution is 0.203. The zero-order valence-electron chi connectivity index (χ0n) is 9.23. The maximum atomic E-state index is 11.6. The van der Waals surface area contributed by atoms with Crippen molar-refractivity contribution in [3.8, 4) is 0 Å². The Morgan fingerprint density at radius 2 is 1.93 bits per heavy atom. The third-order valence-corrected chi connectivity index (χ3v) is 2.24. The van der Waals surface area contributed by atoms with E-state index < -0.39 is 0 Å². The number of carbonyl (C=O) groups is 1. The second-order valence-electron chi connectivity index (χ2n) is 3.19.